The highest BCUT2D eigenvalue weighted by molar-refractivity contribution is 6.32. The Hall–Kier alpha value is -0.510. The topological polar surface area (TPSA) is 31.4 Å². The van der Waals surface area contributed by atoms with Crippen molar-refractivity contribution in [2.75, 3.05) is 19.8 Å². The first-order chi connectivity index (χ1) is 8.13. The van der Waals surface area contributed by atoms with Crippen LogP contribution in [0.3, 0.4) is 0 Å². The van der Waals surface area contributed by atoms with E-state index in [2.05, 4.69) is 18.8 Å². The van der Waals surface area contributed by atoms with Gasteiger partial charge in [0.05, 0.1) is 23.2 Å². The van der Waals surface area contributed by atoms with Gasteiger partial charge in [-0.05, 0) is 12.0 Å². The quantitative estimate of drug-likeness (QED) is 0.565. The number of pyridine rings is 1. The first-order valence-electron chi connectivity index (χ1n) is 5.55. The third-order valence-corrected chi connectivity index (χ3v) is 2.55. The first-order valence-corrected chi connectivity index (χ1v) is 6.46. The highest BCUT2D eigenvalue weighted by atomic mass is 35.5. The molecule has 3 nitrogen and oxygen atoms in total. The van der Waals surface area contributed by atoms with Gasteiger partial charge in [-0.2, -0.15) is 0 Å². The summed E-state index contributed by atoms with van der Waals surface area (Å²) in [7, 11) is 0. The summed E-state index contributed by atoms with van der Waals surface area (Å²) in [6.07, 6.45) is 0. The third-order valence-electron chi connectivity index (χ3n) is 1.95. The number of alkyl halides is 1. The Bertz CT molecular complexity index is 345. The molecule has 1 aromatic rings. The second-order valence-electron chi connectivity index (χ2n) is 4.03. The van der Waals surface area contributed by atoms with Gasteiger partial charge >= 0.3 is 0 Å². The van der Waals surface area contributed by atoms with Gasteiger partial charge in [0.25, 0.3) is 0 Å². The van der Waals surface area contributed by atoms with Gasteiger partial charge in [-0.25, -0.2) is 4.98 Å². The highest BCUT2D eigenvalue weighted by Crippen LogP contribution is 2.19. The van der Waals surface area contributed by atoms with Crippen LogP contribution in [0.1, 0.15) is 19.5 Å². The van der Waals surface area contributed by atoms with Gasteiger partial charge in [0, 0.05) is 12.7 Å². The molecule has 0 unspecified atom stereocenters. The molecule has 0 spiro atoms. The van der Waals surface area contributed by atoms with Crippen LogP contribution in [0.5, 0.6) is 5.88 Å². The zero-order chi connectivity index (χ0) is 12.7. The molecule has 0 radical (unpaired) electrons. The van der Waals surface area contributed by atoms with Crippen LogP contribution in [0.4, 0.5) is 0 Å². The average Bonchev–Trinajstić information content (AvgIpc) is 2.30. The van der Waals surface area contributed by atoms with Gasteiger partial charge in [0.15, 0.2) is 0 Å². The Kier molecular flexibility index (Phi) is 6.63. The summed E-state index contributed by atoms with van der Waals surface area (Å²) in [5.41, 5.74) is 0.633. The second-order valence-corrected chi connectivity index (χ2v) is 4.70. The fourth-order valence-corrected chi connectivity index (χ4v) is 1.61. The van der Waals surface area contributed by atoms with Gasteiger partial charge in [-0.1, -0.05) is 25.4 Å². The SMILES string of the molecule is CC(C)COCCOc1ccc(Cl)c(CCl)n1. The molecular weight excluding hydrogens is 261 g/mol. The van der Waals surface area contributed by atoms with E-state index >= 15 is 0 Å². The number of nitrogens with zero attached hydrogens (tertiary/aromatic N) is 1. The summed E-state index contributed by atoms with van der Waals surface area (Å²) >= 11 is 11.6. The van der Waals surface area contributed by atoms with E-state index in [1.807, 2.05) is 0 Å². The number of ether oxygens (including phenoxy) is 2. The van der Waals surface area contributed by atoms with Crippen molar-refractivity contribution in [2.24, 2.45) is 5.92 Å². The maximum absolute atomic E-state index is 5.89. The summed E-state index contributed by atoms with van der Waals surface area (Å²) in [5.74, 6) is 1.34. The first kappa shape index (κ1) is 14.6. The van der Waals surface area contributed by atoms with Crippen LogP contribution in [0.15, 0.2) is 12.1 Å². The smallest absolute Gasteiger partial charge is 0.213 e. The molecule has 1 aromatic heterocycles. The van der Waals surface area contributed by atoms with Crippen molar-refractivity contribution in [1.82, 2.24) is 4.98 Å². The minimum atomic E-state index is 0.278. The minimum Gasteiger partial charge on any atom is -0.475 e. The molecule has 1 rings (SSSR count). The monoisotopic (exact) mass is 277 g/mol. The van der Waals surface area contributed by atoms with Crippen LogP contribution in [0, 0.1) is 5.92 Å². The molecule has 0 atom stereocenters. The van der Waals surface area contributed by atoms with E-state index in [0.717, 1.165) is 6.61 Å². The molecule has 0 bridgehead atoms. The number of rotatable bonds is 7. The second kappa shape index (κ2) is 7.75. The van der Waals surface area contributed by atoms with Gasteiger partial charge in [-0.15, -0.1) is 11.6 Å². The largest absolute Gasteiger partial charge is 0.475 e. The van der Waals surface area contributed by atoms with Crippen LogP contribution in [0.25, 0.3) is 0 Å². The van der Waals surface area contributed by atoms with Gasteiger partial charge in [0.2, 0.25) is 5.88 Å². The van der Waals surface area contributed by atoms with Crippen LogP contribution in [-0.4, -0.2) is 24.8 Å². The number of hydrogen-bond acceptors (Lipinski definition) is 3. The molecule has 0 N–H and O–H groups in total. The maximum atomic E-state index is 5.89. The van der Waals surface area contributed by atoms with E-state index in [0.29, 0.717) is 35.7 Å². The zero-order valence-corrected chi connectivity index (χ0v) is 11.6. The molecule has 0 aromatic carbocycles. The van der Waals surface area contributed by atoms with Crippen molar-refractivity contribution in [3.8, 4) is 5.88 Å². The molecule has 96 valence electrons. The van der Waals surface area contributed by atoms with Crippen molar-refractivity contribution in [3.63, 3.8) is 0 Å². The standard InChI is InChI=1S/C12H17Cl2NO2/c1-9(2)8-16-5-6-17-12-4-3-10(14)11(7-13)15-12/h3-4,9H,5-8H2,1-2H3. The van der Waals surface area contributed by atoms with Crippen molar-refractivity contribution in [2.45, 2.75) is 19.7 Å². The summed E-state index contributed by atoms with van der Waals surface area (Å²) < 4.78 is 10.8. The molecule has 17 heavy (non-hydrogen) atoms. The Balaban J connectivity index is 2.32. The van der Waals surface area contributed by atoms with Crippen molar-refractivity contribution in [1.29, 1.82) is 0 Å². The van der Waals surface area contributed by atoms with Crippen LogP contribution < -0.4 is 4.74 Å². The fourth-order valence-electron chi connectivity index (χ4n) is 1.16. The number of aromatic nitrogens is 1. The minimum absolute atomic E-state index is 0.278. The number of halogens is 2. The molecular formula is C12H17Cl2NO2. The molecule has 0 saturated heterocycles. The lowest BCUT2D eigenvalue weighted by Gasteiger charge is -2.09. The summed E-state index contributed by atoms with van der Waals surface area (Å²) in [6.45, 7) is 5.98. The Labute approximate surface area is 112 Å². The lowest BCUT2D eigenvalue weighted by Crippen LogP contribution is -2.11. The molecule has 0 amide bonds. The maximum Gasteiger partial charge on any atom is 0.213 e. The molecule has 5 heteroatoms. The summed E-state index contributed by atoms with van der Waals surface area (Å²) in [4.78, 5) is 4.18. The molecule has 0 aliphatic heterocycles. The molecule has 0 aliphatic rings. The van der Waals surface area contributed by atoms with Gasteiger partial charge in [-0.3, -0.25) is 0 Å². The zero-order valence-electron chi connectivity index (χ0n) is 10.1. The summed E-state index contributed by atoms with van der Waals surface area (Å²) in [6, 6.07) is 3.46. The molecule has 0 aliphatic carbocycles. The van der Waals surface area contributed by atoms with E-state index in [9.17, 15) is 0 Å². The van der Waals surface area contributed by atoms with Crippen LogP contribution >= 0.6 is 23.2 Å². The highest BCUT2D eigenvalue weighted by Gasteiger charge is 2.03. The van der Waals surface area contributed by atoms with Crippen molar-refractivity contribution in [3.05, 3.63) is 22.8 Å². The van der Waals surface area contributed by atoms with Crippen LogP contribution in [0.2, 0.25) is 5.02 Å². The predicted octanol–water partition coefficient (Wildman–Crippen LogP) is 3.53. The van der Waals surface area contributed by atoms with Crippen molar-refractivity contribution < 1.29 is 9.47 Å². The molecule has 0 saturated carbocycles. The van der Waals surface area contributed by atoms with Crippen LogP contribution in [-0.2, 0) is 10.6 Å². The third kappa shape index (κ3) is 5.57. The average molecular weight is 278 g/mol. The number of hydrogen-bond donors (Lipinski definition) is 0. The predicted molar refractivity (Wildman–Crippen MR) is 70.0 cm³/mol. The summed E-state index contributed by atoms with van der Waals surface area (Å²) in [5, 5.41) is 0.559. The van der Waals surface area contributed by atoms with Gasteiger partial charge in [0.1, 0.15) is 6.61 Å². The van der Waals surface area contributed by atoms with E-state index in [-0.39, 0.29) is 5.88 Å². The van der Waals surface area contributed by atoms with Gasteiger partial charge < -0.3 is 9.47 Å². The Morgan fingerprint density at radius 2 is 2.06 bits per heavy atom. The Morgan fingerprint density at radius 3 is 2.71 bits per heavy atom. The lowest BCUT2D eigenvalue weighted by atomic mass is 10.2. The molecule has 0 fully saturated rings. The Morgan fingerprint density at radius 1 is 1.29 bits per heavy atom. The van der Waals surface area contributed by atoms with E-state index in [1.165, 1.54) is 0 Å². The molecule has 1 heterocycles. The van der Waals surface area contributed by atoms with E-state index < -0.39 is 0 Å². The normalized spacial score (nSPS) is 10.9. The van der Waals surface area contributed by atoms with E-state index in [4.69, 9.17) is 32.7 Å². The lowest BCUT2D eigenvalue weighted by molar-refractivity contribution is 0.0806. The fraction of sp³-hybridized carbons (Fsp3) is 0.583. The van der Waals surface area contributed by atoms with E-state index in [1.54, 1.807) is 12.1 Å². The van der Waals surface area contributed by atoms with Crippen molar-refractivity contribution >= 4 is 23.2 Å².